The minimum atomic E-state index is -0.507. The lowest BCUT2D eigenvalue weighted by molar-refractivity contribution is -0.0609. The van der Waals surface area contributed by atoms with Gasteiger partial charge in [0.15, 0.2) is 0 Å². The second-order valence-electron chi connectivity index (χ2n) is 7.23. The molecule has 122 valence electrons. The van der Waals surface area contributed by atoms with Crippen molar-refractivity contribution in [3.63, 3.8) is 0 Å². The molecule has 1 aliphatic heterocycles. The molecule has 0 aromatic heterocycles. The number of fused-ring (bicyclic) bond motifs is 1. The summed E-state index contributed by atoms with van der Waals surface area (Å²) in [6.45, 7) is 7.05. The third-order valence-electron chi connectivity index (χ3n) is 5.67. The van der Waals surface area contributed by atoms with Crippen LogP contribution in [0.25, 0.3) is 0 Å². The second kappa shape index (κ2) is 6.21. The Morgan fingerprint density at radius 3 is 2.73 bits per heavy atom. The van der Waals surface area contributed by atoms with E-state index in [1.165, 1.54) is 36.0 Å². The highest BCUT2D eigenvalue weighted by Crippen LogP contribution is 2.34. The highest BCUT2D eigenvalue weighted by Gasteiger charge is 2.36. The number of hydrogen-bond acceptors (Lipinski definition) is 3. The summed E-state index contributed by atoms with van der Waals surface area (Å²) in [7, 11) is 1.77. The molecule has 0 spiro atoms. The summed E-state index contributed by atoms with van der Waals surface area (Å²) in [4.78, 5) is 2.48. The van der Waals surface area contributed by atoms with E-state index in [-0.39, 0.29) is 0 Å². The van der Waals surface area contributed by atoms with E-state index in [0.29, 0.717) is 5.92 Å². The lowest BCUT2D eigenvalue weighted by atomic mass is 9.81. The summed E-state index contributed by atoms with van der Waals surface area (Å²) < 4.78 is 5.63. The van der Waals surface area contributed by atoms with Gasteiger partial charge in [-0.3, -0.25) is 4.90 Å². The van der Waals surface area contributed by atoms with Crippen molar-refractivity contribution in [2.45, 2.75) is 58.1 Å². The smallest absolute Gasteiger partial charge is 0.123 e. The maximum Gasteiger partial charge on any atom is 0.123 e. The number of methoxy groups -OCH3 is 1. The molecular formula is C19H29NO2. The van der Waals surface area contributed by atoms with Crippen LogP contribution in [-0.2, 0) is 19.4 Å². The van der Waals surface area contributed by atoms with Gasteiger partial charge < -0.3 is 9.84 Å². The van der Waals surface area contributed by atoms with Gasteiger partial charge >= 0.3 is 0 Å². The van der Waals surface area contributed by atoms with Crippen molar-refractivity contribution in [2.75, 3.05) is 20.2 Å². The van der Waals surface area contributed by atoms with Gasteiger partial charge in [-0.1, -0.05) is 13.0 Å². The standard InChI is InChI=1S/C19H29NO2/c1-4-17-13-20(9-8-19(17,2)21)12-16-10-14-6-5-7-15(14)11-18(16)22-3/h10-11,17,21H,4-9,12-13H2,1-3H3/t17-,19+/m0/s1. The predicted molar refractivity (Wildman–Crippen MR) is 89.3 cm³/mol. The first kappa shape index (κ1) is 15.8. The maximum absolute atomic E-state index is 10.5. The fraction of sp³-hybridized carbons (Fsp3) is 0.684. The van der Waals surface area contributed by atoms with Gasteiger partial charge in [-0.2, -0.15) is 0 Å². The molecule has 1 aromatic carbocycles. The average Bonchev–Trinajstić information content (AvgIpc) is 2.95. The molecule has 3 nitrogen and oxygen atoms in total. The van der Waals surface area contributed by atoms with Crippen LogP contribution in [0.2, 0.25) is 0 Å². The molecule has 0 saturated carbocycles. The Morgan fingerprint density at radius 1 is 1.32 bits per heavy atom. The van der Waals surface area contributed by atoms with Crippen LogP contribution in [0.4, 0.5) is 0 Å². The van der Waals surface area contributed by atoms with Gasteiger partial charge in [-0.05, 0) is 62.1 Å². The fourth-order valence-corrected chi connectivity index (χ4v) is 4.11. The maximum atomic E-state index is 10.5. The normalized spacial score (nSPS) is 28.6. The molecule has 0 radical (unpaired) electrons. The molecule has 0 amide bonds. The fourth-order valence-electron chi connectivity index (χ4n) is 4.11. The number of aliphatic hydroxyl groups is 1. The zero-order valence-corrected chi connectivity index (χ0v) is 14.2. The molecule has 1 fully saturated rings. The van der Waals surface area contributed by atoms with Crippen LogP contribution in [0.5, 0.6) is 5.75 Å². The zero-order valence-electron chi connectivity index (χ0n) is 14.2. The molecule has 22 heavy (non-hydrogen) atoms. The molecule has 1 saturated heterocycles. The largest absolute Gasteiger partial charge is 0.496 e. The molecule has 0 unspecified atom stereocenters. The third kappa shape index (κ3) is 3.02. The molecule has 1 aromatic rings. The Labute approximate surface area is 134 Å². The highest BCUT2D eigenvalue weighted by atomic mass is 16.5. The first-order valence-corrected chi connectivity index (χ1v) is 8.67. The van der Waals surface area contributed by atoms with E-state index in [0.717, 1.165) is 38.2 Å². The molecule has 3 rings (SSSR count). The number of piperidine rings is 1. The third-order valence-corrected chi connectivity index (χ3v) is 5.67. The average molecular weight is 303 g/mol. The van der Waals surface area contributed by atoms with E-state index in [1.807, 2.05) is 6.92 Å². The quantitative estimate of drug-likeness (QED) is 0.927. The number of hydrogen-bond donors (Lipinski definition) is 1. The molecule has 3 heteroatoms. The van der Waals surface area contributed by atoms with Gasteiger partial charge in [0.25, 0.3) is 0 Å². The van der Waals surface area contributed by atoms with Gasteiger partial charge in [-0.15, -0.1) is 0 Å². The van der Waals surface area contributed by atoms with E-state index in [1.54, 1.807) is 7.11 Å². The van der Waals surface area contributed by atoms with Gasteiger partial charge in [-0.25, -0.2) is 0 Å². The van der Waals surface area contributed by atoms with Crippen molar-refractivity contribution in [2.24, 2.45) is 5.92 Å². The van der Waals surface area contributed by atoms with Gasteiger partial charge in [0.2, 0.25) is 0 Å². The molecule has 1 aliphatic carbocycles. The van der Waals surface area contributed by atoms with E-state index in [2.05, 4.69) is 24.0 Å². The van der Waals surface area contributed by atoms with Gasteiger partial charge in [0.1, 0.15) is 5.75 Å². The first-order chi connectivity index (χ1) is 10.5. The Kier molecular flexibility index (Phi) is 4.47. The molecule has 0 bridgehead atoms. The Bertz CT molecular complexity index is 538. The molecular weight excluding hydrogens is 274 g/mol. The second-order valence-corrected chi connectivity index (χ2v) is 7.23. The number of likely N-dealkylation sites (tertiary alicyclic amines) is 1. The lowest BCUT2D eigenvalue weighted by Gasteiger charge is -2.42. The molecule has 2 aliphatic rings. The summed E-state index contributed by atoms with van der Waals surface area (Å²) in [5, 5.41) is 10.5. The highest BCUT2D eigenvalue weighted by molar-refractivity contribution is 5.44. The minimum Gasteiger partial charge on any atom is -0.496 e. The Morgan fingerprint density at radius 2 is 2.05 bits per heavy atom. The number of aryl methyl sites for hydroxylation is 2. The van der Waals surface area contributed by atoms with Crippen LogP contribution >= 0.6 is 0 Å². The molecule has 2 atom stereocenters. The van der Waals surface area contributed by atoms with Crippen LogP contribution in [-0.4, -0.2) is 35.8 Å². The predicted octanol–water partition coefficient (Wildman–Crippen LogP) is 3.17. The molecule has 1 heterocycles. The van der Waals surface area contributed by atoms with E-state index >= 15 is 0 Å². The van der Waals surface area contributed by atoms with Crippen molar-refractivity contribution in [1.82, 2.24) is 4.90 Å². The van der Waals surface area contributed by atoms with Crippen LogP contribution in [0.1, 0.15) is 49.8 Å². The van der Waals surface area contributed by atoms with Crippen molar-refractivity contribution in [3.05, 3.63) is 28.8 Å². The van der Waals surface area contributed by atoms with Gasteiger partial charge in [0, 0.05) is 25.2 Å². The zero-order chi connectivity index (χ0) is 15.7. The Balaban J connectivity index is 1.76. The van der Waals surface area contributed by atoms with E-state index in [9.17, 15) is 5.11 Å². The summed E-state index contributed by atoms with van der Waals surface area (Å²) in [5.41, 5.74) is 3.77. The SMILES string of the molecule is CC[C@H]1CN(Cc2cc3c(cc2OC)CCC3)CC[C@@]1(C)O. The number of rotatable bonds is 4. The monoisotopic (exact) mass is 303 g/mol. The molecule has 1 N–H and O–H groups in total. The van der Waals surface area contributed by atoms with Crippen molar-refractivity contribution >= 4 is 0 Å². The van der Waals surface area contributed by atoms with E-state index < -0.39 is 5.60 Å². The van der Waals surface area contributed by atoms with Crippen molar-refractivity contribution < 1.29 is 9.84 Å². The van der Waals surface area contributed by atoms with Crippen LogP contribution in [0, 0.1) is 5.92 Å². The lowest BCUT2D eigenvalue weighted by Crippen LogP contribution is -2.49. The Hall–Kier alpha value is -1.06. The van der Waals surface area contributed by atoms with Gasteiger partial charge in [0.05, 0.1) is 12.7 Å². The topological polar surface area (TPSA) is 32.7 Å². The minimum absolute atomic E-state index is 0.363. The van der Waals surface area contributed by atoms with Crippen molar-refractivity contribution in [3.8, 4) is 5.75 Å². The van der Waals surface area contributed by atoms with Crippen LogP contribution in [0.15, 0.2) is 12.1 Å². The van der Waals surface area contributed by atoms with E-state index in [4.69, 9.17) is 4.74 Å². The number of benzene rings is 1. The summed E-state index contributed by atoms with van der Waals surface area (Å²) in [6.07, 6.45) is 5.56. The van der Waals surface area contributed by atoms with Crippen LogP contribution < -0.4 is 4.74 Å². The number of nitrogens with zero attached hydrogens (tertiary/aromatic N) is 1. The summed E-state index contributed by atoms with van der Waals surface area (Å²) >= 11 is 0. The summed E-state index contributed by atoms with van der Waals surface area (Å²) in [5.74, 6) is 1.40. The first-order valence-electron chi connectivity index (χ1n) is 8.67. The van der Waals surface area contributed by atoms with Crippen LogP contribution in [0.3, 0.4) is 0 Å². The number of ether oxygens (including phenoxy) is 1. The van der Waals surface area contributed by atoms with Crippen molar-refractivity contribution in [1.29, 1.82) is 0 Å². The summed E-state index contributed by atoms with van der Waals surface area (Å²) in [6, 6.07) is 4.60.